The van der Waals surface area contributed by atoms with E-state index >= 15 is 0 Å². The van der Waals surface area contributed by atoms with E-state index in [0.717, 1.165) is 56.7 Å². The molecule has 1 aromatic rings. The molecule has 178 valence electrons. The fourth-order valence-corrected chi connectivity index (χ4v) is 4.91. The van der Waals surface area contributed by atoms with Gasteiger partial charge in [0.05, 0.1) is 24.8 Å². The van der Waals surface area contributed by atoms with E-state index in [9.17, 15) is 9.59 Å². The van der Waals surface area contributed by atoms with Crippen LogP contribution in [0.3, 0.4) is 0 Å². The molecular formula is C26H30N4O4. The lowest BCUT2D eigenvalue weighted by atomic mass is 9.95. The first-order valence-electron chi connectivity index (χ1n) is 12.1. The number of likely N-dealkylation sites (tertiary alicyclic amines) is 1. The molecule has 0 radical (unpaired) electrons. The first kappa shape index (κ1) is 22.4. The number of aromatic nitrogens is 1. The Morgan fingerprint density at radius 3 is 2.79 bits per heavy atom. The monoisotopic (exact) mass is 462 g/mol. The summed E-state index contributed by atoms with van der Waals surface area (Å²) in [6, 6.07) is 1.82. The lowest BCUT2D eigenvalue weighted by Gasteiger charge is -2.31. The highest BCUT2D eigenvalue weighted by molar-refractivity contribution is 6.02. The zero-order valence-corrected chi connectivity index (χ0v) is 19.5. The van der Waals surface area contributed by atoms with Gasteiger partial charge in [0.2, 0.25) is 0 Å². The molecule has 1 amide bonds. The molecule has 1 fully saturated rings. The molecule has 1 aliphatic carbocycles. The number of methoxy groups -OCH3 is 1. The summed E-state index contributed by atoms with van der Waals surface area (Å²) in [6.45, 7) is 2.72. The van der Waals surface area contributed by atoms with E-state index < -0.39 is 0 Å². The highest BCUT2D eigenvalue weighted by Crippen LogP contribution is 2.35. The number of anilines is 1. The number of carbonyl (C=O) groups excluding carboxylic acids is 2. The van der Waals surface area contributed by atoms with Gasteiger partial charge in [0.15, 0.2) is 11.6 Å². The third kappa shape index (κ3) is 4.49. The summed E-state index contributed by atoms with van der Waals surface area (Å²) in [4.78, 5) is 38.5. The maximum absolute atomic E-state index is 12.9. The summed E-state index contributed by atoms with van der Waals surface area (Å²) in [6.07, 6.45) is 15.3. The molecule has 1 unspecified atom stereocenters. The number of rotatable bonds is 3. The van der Waals surface area contributed by atoms with Crippen molar-refractivity contribution in [3.05, 3.63) is 53.5 Å². The Morgan fingerprint density at radius 2 is 1.97 bits per heavy atom. The second-order valence-electron chi connectivity index (χ2n) is 8.99. The van der Waals surface area contributed by atoms with E-state index in [4.69, 9.17) is 14.5 Å². The van der Waals surface area contributed by atoms with Crippen molar-refractivity contribution in [2.75, 3.05) is 38.3 Å². The van der Waals surface area contributed by atoms with Crippen molar-refractivity contribution < 1.29 is 19.1 Å². The Labute approximate surface area is 199 Å². The largest absolute Gasteiger partial charge is 0.488 e. The first-order valence-corrected chi connectivity index (χ1v) is 12.1. The molecule has 5 rings (SSSR count). The molecule has 0 saturated carbocycles. The molecule has 3 aliphatic heterocycles. The third-order valence-electron chi connectivity index (χ3n) is 6.81. The van der Waals surface area contributed by atoms with Crippen molar-refractivity contribution in [3.63, 3.8) is 0 Å². The van der Waals surface area contributed by atoms with Crippen LogP contribution in [0, 0.1) is 5.92 Å². The van der Waals surface area contributed by atoms with Gasteiger partial charge in [0, 0.05) is 30.9 Å². The lowest BCUT2D eigenvalue weighted by Crippen LogP contribution is -2.36. The molecule has 1 saturated heterocycles. The molecule has 1 atom stereocenters. The minimum atomic E-state index is -0.328. The minimum absolute atomic E-state index is 0.0185. The van der Waals surface area contributed by atoms with Gasteiger partial charge in [-0.2, -0.15) is 0 Å². The van der Waals surface area contributed by atoms with Crippen LogP contribution in [-0.2, 0) is 9.53 Å². The summed E-state index contributed by atoms with van der Waals surface area (Å²) in [5.41, 5.74) is 2.08. The van der Waals surface area contributed by atoms with Crippen LogP contribution in [0.2, 0.25) is 0 Å². The van der Waals surface area contributed by atoms with Gasteiger partial charge in [-0.1, -0.05) is 6.08 Å². The van der Waals surface area contributed by atoms with E-state index in [1.165, 1.54) is 13.5 Å². The number of hydrogen-bond donors (Lipinski definition) is 0. The first-order chi connectivity index (χ1) is 16.6. The van der Waals surface area contributed by atoms with Gasteiger partial charge < -0.3 is 19.3 Å². The number of esters is 1. The van der Waals surface area contributed by atoms with E-state index in [1.807, 2.05) is 23.1 Å². The molecule has 0 spiro atoms. The fraction of sp³-hybridized carbons (Fsp3) is 0.462. The van der Waals surface area contributed by atoms with Gasteiger partial charge in [-0.15, -0.1) is 0 Å². The number of ether oxygens (including phenoxy) is 2. The van der Waals surface area contributed by atoms with Gasteiger partial charge in [-0.25, -0.2) is 14.8 Å². The van der Waals surface area contributed by atoms with Crippen LogP contribution in [-0.4, -0.2) is 60.8 Å². The molecule has 4 aliphatic rings. The molecular weight excluding hydrogens is 432 g/mol. The fourth-order valence-electron chi connectivity index (χ4n) is 4.91. The topological polar surface area (TPSA) is 84.3 Å². The standard InChI is InChI=1S/C26H30N4O4/c1-33-26(32)19-9-8-18-6-5-7-23(28-21(18)11-10-19)30-14-15-34-22-16-20(17-27-24(22)30)25(31)29-12-3-2-4-13-29/h7,9-11,16-18H,2-6,8,12-15H2,1H3. The second-order valence-corrected chi connectivity index (χ2v) is 8.99. The Morgan fingerprint density at radius 1 is 1.12 bits per heavy atom. The molecule has 34 heavy (non-hydrogen) atoms. The summed E-state index contributed by atoms with van der Waals surface area (Å²) < 4.78 is 10.8. The van der Waals surface area contributed by atoms with E-state index in [-0.39, 0.29) is 17.8 Å². The van der Waals surface area contributed by atoms with Crippen LogP contribution in [0.25, 0.3) is 0 Å². The Bertz CT molecular complexity index is 1100. The number of hydrogen-bond acceptors (Lipinski definition) is 7. The van der Waals surface area contributed by atoms with Gasteiger partial charge in [-0.3, -0.25) is 4.79 Å². The molecule has 1 aromatic heterocycles. The quantitative estimate of drug-likeness (QED) is 0.638. The highest BCUT2D eigenvalue weighted by Gasteiger charge is 2.28. The SMILES string of the molecule is COC(=O)C1=CCC2CCC=C(N3CCOc4cc(C(=O)N5CCCCC5)cnc43)N=C2C=C1. The minimum Gasteiger partial charge on any atom is -0.488 e. The van der Waals surface area contributed by atoms with Gasteiger partial charge in [0.25, 0.3) is 5.91 Å². The normalized spacial score (nSPS) is 22.1. The molecule has 4 heterocycles. The van der Waals surface area contributed by atoms with Crippen molar-refractivity contribution in [3.8, 4) is 5.75 Å². The number of fused-ring (bicyclic) bond motifs is 2. The van der Waals surface area contributed by atoms with Gasteiger partial charge in [0.1, 0.15) is 12.4 Å². The number of carbonyl (C=O) groups is 2. The second kappa shape index (κ2) is 9.83. The highest BCUT2D eigenvalue weighted by atomic mass is 16.5. The van der Waals surface area contributed by atoms with E-state index in [1.54, 1.807) is 12.3 Å². The van der Waals surface area contributed by atoms with Crippen molar-refractivity contribution in [2.24, 2.45) is 10.9 Å². The summed E-state index contributed by atoms with van der Waals surface area (Å²) >= 11 is 0. The number of amides is 1. The molecule has 0 bridgehead atoms. The van der Waals surface area contributed by atoms with Crippen LogP contribution in [0.5, 0.6) is 5.75 Å². The van der Waals surface area contributed by atoms with Gasteiger partial charge in [-0.05, 0) is 62.8 Å². The van der Waals surface area contributed by atoms with E-state index in [2.05, 4.69) is 16.0 Å². The predicted molar refractivity (Wildman–Crippen MR) is 129 cm³/mol. The van der Waals surface area contributed by atoms with Crippen LogP contribution in [0.15, 0.2) is 53.0 Å². The van der Waals surface area contributed by atoms with Crippen molar-refractivity contribution in [1.82, 2.24) is 9.88 Å². The zero-order valence-electron chi connectivity index (χ0n) is 19.5. The predicted octanol–water partition coefficient (Wildman–Crippen LogP) is 3.66. The summed E-state index contributed by atoms with van der Waals surface area (Å²) in [7, 11) is 1.40. The maximum atomic E-state index is 12.9. The van der Waals surface area contributed by atoms with Crippen molar-refractivity contribution >= 4 is 23.4 Å². The molecule has 0 aromatic carbocycles. The Hall–Kier alpha value is -3.42. The Balaban J connectivity index is 1.40. The van der Waals surface area contributed by atoms with E-state index in [0.29, 0.717) is 35.9 Å². The van der Waals surface area contributed by atoms with Crippen molar-refractivity contribution in [1.29, 1.82) is 0 Å². The van der Waals surface area contributed by atoms with Crippen LogP contribution in [0.4, 0.5) is 5.82 Å². The average molecular weight is 463 g/mol. The lowest BCUT2D eigenvalue weighted by molar-refractivity contribution is -0.135. The van der Waals surface area contributed by atoms with Crippen LogP contribution < -0.4 is 9.64 Å². The number of piperidine rings is 1. The van der Waals surface area contributed by atoms with Crippen LogP contribution >= 0.6 is 0 Å². The number of aliphatic imine (C=N–C) groups is 1. The number of nitrogens with zero attached hydrogens (tertiary/aromatic N) is 4. The van der Waals surface area contributed by atoms with Gasteiger partial charge >= 0.3 is 5.97 Å². The average Bonchev–Trinajstić information content (AvgIpc) is 3.21. The molecule has 8 heteroatoms. The number of allylic oxidation sites excluding steroid dienone is 3. The summed E-state index contributed by atoms with van der Waals surface area (Å²) in [5.74, 6) is 2.06. The third-order valence-corrected chi connectivity index (χ3v) is 6.81. The van der Waals surface area contributed by atoms with Crippen LogP contribution in [0.1, 0.15) is 48.9 Å². The molecule has 8 nitrogen and oxygen atoms in total. The maximum Gasteiger partial charge on any atom is 0.337 e. The van der Waals surface area contributed by atoms with Crippen molar-refractivity contribution in [2.45, 2.75) is 38.5 Å². The number of pyridine rings is 1. The summed E-state index contributed by atoms with van der Waals surface area (Å²) in [5, 5.41) is 0. The molecule has 0 N–H and O–H groups in total. The Kier molecular flexibility index (Phi) is 6.47. The zero-order chi connectivity index (χ0) is 23.5. The smallest absolute Gasteiger partial charge is 0.337 e.